The number of halogens is 1. The molecule has 1 unspecified atom stereocenters. The lowest BCUT2D eigenvalue weighted by Gasteiger charge is -2.20. The van der Waals surface area contributed by atoms with Crippen LogP contribution in [0.5, 0.6) is 0 Å². The number of Topliss-reactive ketones (excluding diaryl/α,β-unsaturated/α-hetero) is 1. The van der Waals surface area contributed by atoms with E-state index in [-0.39, 0.29) is 17.0 Å². The Hall–Kier alpha value is -3.04. The van der Waals surface area contributed by atoms with E-state index in [1.165, 1.54) is 23.0 Å². The van der Waals surface area contributed by atoms with Crippen LogP contribution in [0, 0.1) is 0 Å². The second-order valence-electron chi connectivity index (χ2n) is 6.80. The number of imidazole rings is 1. The predicted octanol–water partition coefficient (Wildman–Crippen LogP) is -1.07. The highest BCUT2D eigenvalue weighted by Gasteiger charge is 2.49. The molecule has 0 amide bonds. The summed E-state index contributed by atoms with van der Waals surface area (Å²) in [4.78, 5) is 23.6. The number of benzene rings is 1. The fourth-order valence-electron chi connectivity index (χ4n) is 3.42. The number of ketones is 1. The molecule has 31 heavy (non-hydrogen) atoms. The number of ether oxygens (including phenoxy) is 1. The summed E-state index contributed by atoms with van der Waals surface area (Å²) in [5.74, 6) is -1.15. The molecule has 5 atom stereocenters. The molecule has 12 nitrogen and oxygen atoms in total. The number of aromatic nitrogens is 4. The average Bonchev–Trinajstić information content (AvgIpc) is 3.29. The molecule has 0 saturated carbocycles. The molecule has 0 bridgehead atoms. The third-order valence-corrected chi connectivity index (χ3v) is 5.81. The predicted molar refractivity (Wildman–Crippen MR) is 101 cm³/mol. The molecule has 4 rings (SSSR count). The lowest BCUT2D eigenvalue weighted by molar-refractivity contribution is -0.0726. The van der Waals surface area contributed by atoms with Gasteiger partial charge in [-0.1, -0.05) is 12.1 Å². The number of nitrogens with zero attached hydrogens (tertiary/aromatic N) is 4. The van der Waals surface area contributed by atoms with Crippen LogP contribution in [0.25, 0.3) is 11.2 Å². The largest absolute Gasteiger partial charge is 0.387 e. The molecule has 5 N–H and O–H groups in total. The Balaban J connectivity index is 1.65. The number of anilines is 1. The van der Waals surface area contributed by atoms with Crippen LogP contribution in [-0.4, -0.2) is 73.5 Å². The molecule has 3 heterocycles. The SMILES string of the molecule is Nc1ncnc2c1ncn2[C@@H]1O[C@H](C(O)C(=O)c2ccccc2S(=O)(=O)F)[C@@H](O)[C@H]1O. The molecule has 1 fully saturated rings. The molecule has 0 aliphatic carbocycles. The van der Waals surface area contributed by atoms with Crippen molar-refractivity contribution in [3.05, 3.63) is 42.5 Å². The highest BCUT2D eigenvalue weighted by molar-refractivity contribution is 7.86. The van der Waals surface area contributed by atoms with Crippen LogP contribution in [0.4, 0.5) is 9.70 Å². The van der Waals surface area contributed by atoms with Crippen molar-refractivity contribution in [2.45, 2.75) is 35.5 Å². The number of hydrogen-bond donors (Lipinski definition) is 4. The maximum atomic E-state index is 13.5. The number of nitrogens with two attached hydrogens (primary N) is 1. The van der Waals surface area contributed by atoms with Crippen molar-refractivity contribution in [2.75, 3.05) is 5.73 Å². The van der Waals surface area contributed by atoms with Gasteiger partial charge in [0.05, 0.1) is 6.33 Å². The Labute approximate surface area is 174 Å². The van der Waals surface area contributed by atoms with Crippen LogP contribution >= 0.6 is 0 Å². The molecule has 14 heteroatoms. The molecule has 0 radical (unpaired) electrons. The van der Waals surface area contributed by atoms with Gasteiger partial charge in [-0.2, -0.15) is 8.42 Å². The van der Waals surface area contributed by atoms with Crippen LogP contribution < -0.4 is 5.73 Å². The molecule has 164 valence electrons. The lowest BCUT2D eigenvalue weighted by Crippen LogP contribution is -2.43. The zero-order chi connectivity index (χ0) is 22.5. The van der Waals surface area contributed by atoms with E-state index in [1.54, 1.807) is 0 Å². The van der Waals surface area contributed by atoms with Gasteiger partial charge in [0.15, 0.2) is 23.5 Å². The number of fused-ring (bicyclic) bond motifs is 1. The van der Waals surface area contributed by atoms with E-state index >= 15 is 0 Å². The van der Waals surface area contributed by atoms with Gasteiger partial charge in [-0.25, -0.2) is 15.0 Å². The van der Waals surface area contributed by atoms with Crippen LogP contribution in [0.1, 0.15) is 16.6 Å². The maximum Gasteiger partial charge on any atom is 0.332 e. The van der Waals surface area contributed by atoms with Crippen LogP contribution in [0.3, 0.4) is 0 Å². The standard InChI is InChI=1S/C17H16FN5O7S/c18-31(28,29)8-4-2-1-3-7(8)10(24)11(25)14-12(26)13(27)17(30-14)23-6-22-9-15(19)20-5-21-16(9)23/h1-6,11-14,17,25-27H,(H2,19,20,21)/t11?,12-,13+,14+,17+/m0/s1. The van der Waals surface area contributed by atoms with Gasteiger partial charge in [-0.3, -0.25) is 9.36 Å². The van der Waals surface area contributed by atoms with Crippen LogP contribution in [0.15, 0.2) is 41.8 Å². The Morgan fingerprint density at radius 2 is 1.90 bits per heavy atom. The summed E-state index contributed by atoms with van der Waals surface area (Å²) in [6, 6.07) is 4.35. The quantitative estimate of drug-likeness (QED) is 0.272. The molecule has 1 saturated heterocycles. The molecular weight excluding hydrogens is 437 g/mol. The second kappa shape index (κ2) is 7.58. The van der Waals surface area contributed by atoms with Gasteiger partial charge in [0.25, 0.3) is 0 Å². The zero-order valence-electron chi connectivity index (χ0n) is 15.5. The number of aliphatic hydroxyl groups excluding tert-OH is 3. The van der Waals surface area contributed by atoms with Crippen molar-refractivity contribution in [3.8, 4) is 0 Å². The smallest absolute Gasteiger partial charge is 0.332 e. The fourth-order valence-corrected chi connectivity index (χ4v) is 4.10. The summed E-state index contributed by atoms with van der Waals surface area (Å²) in [6.07, 6.45) is -6.11. The molecule has 2 aromatic heterocycles. The number of aliphatic hydroxyl groups is 3. The van der Waals surface area contributed by atoms with E-state index in [0.717, 1.165) is 18.5 Å². The first-order chi connectivity index (χ1) is 14.6. The Morgan fingerprint density at radius 3 is 2.61 bits per heavy atom. The highest BCUT2D eigenvalue weighted by Crippen LogP contribution is 2.34. The van der Waals surface area contributed by atoms with E-state index in [2.05, 4.69) is 15.0 Å². The second-order valence-corrected chi connectivity index (χ2v) is 8.11. The van der Waals surface area contributed by atoms with E-state index in [9.17, 15) is 32.4 Å². The van der Waals surface area contributed by atoms with Crippen molar-refractivity contribution in [3.63, 3.8) is 0 Å². The minimum absolute atomic E-state index is 0.0626. The zero-order valence-corrected chi connectivity index (χ0v) is 16.3. The van der Waals surface area contributed by atoms with E-state index in [0.29, 0.717) is 0 Å². The number of rotatable bonds is 5. The van der Waals surface area contributed by atoms with Crippen molar-refractivity contribution in [1.29, 1.82) is 0 Å². The summed E-state index contributed by atoms with van der Waals surface area (Å²) in [6.45, 7) is 0. The van der Waals surface area contributed by atoms with Gasteiger partial charge >= 0.3 is 10.2 Å². The third-order valence-electron chi connectivity index (χ3n) is 4.93. The molecule has 1 aliphatic rings. The molecule has 0 spiro atoms. The average molecular weight is 453 g/mol. The van der Waals surface area contributed by atoms with E-state index in [4.69, 9.17) is 10.5 Å². The van der Waals surface area contributed by atoms with Crippen LogP contribution in [-0.2, 0) is 15.0 Å². The summed E-state index contributed by atoms with van der Waals surface area (Å²) in [5.41, 5.74) is 5.46. The summed E-state index contributed by atoms with van der Waals surface area (Å²) in [5, 5.41) is 31.3. The summed E-state index contributed by atoms with van der Waals surface area (Å²) in [7, 11) is -5.26. The monoisotopic (exact) mass is 453 g/mol. The Kier molecular flexibility index (Phi) is 5.18. The summed E-state index contributed by atoms with van der Waals surface area (Å²) >= 11 is 0. The number of hydrogen-bond acceptors (Lipinski definition) is 11. The fraction of sp³-hybridized carbons (Fsp3) is 0.294. The molecule has 1 aromatic carbocycles. The third kappa shape index (κ3) is 3.53. The van der Waals surface area contributed by atoms with Crippen molar-refractivity contribution in [2.24, 2.45) is 0 Å². The first-order valence-electron chi connectivity index (χ1n) is 8.82. The lowest BCUT2D eigenvalue weighted by atomic mass is 9.98. The normalized spacial score (nSPS) is 25.0. The van der Waals surface area contributed by atoms with Gasteiger partial charge in [0.2, 0.25) is 0 Å². The highest BCUT2D eigenvalue weighted by atomic mass is 32.3. The van der Waals surface area contributed by atoms with Gasteiger partial charge in [0.1, 0.15) is 41.2 Å². The van der Waals surface area contributed by atoms with Gasteiger partial charge in [-0.05, 0) is 12.1 Å². The number of carbonyl (C=O) groups excluding carboxylic acids is 1. The van der Waals surface area contributed by atoms with Gasteiger partial charge < -0.3 is 25.8 Å². The summed E-state index contributed by atoms with van der Waals surface area (Å²) < 4.78 is 42.9. The van der Waals surface area contributed by atoms with Gasteiger partial charge in [0, 0.05) is 5.56 Å². The first kappa shape index (κ1) is 21.2. The minimum Gasteiger partial charge on any atom is -0.387 e. The van der Waals surface area contributed by atoms with E-state index < -0.39 is 57.1 Å². The molecule has 3 aromatic rings. The van der Waals surface area contributed by atoms with Crippen molar-refractivity contribution >= 4 is 33.0 Å². The van der Waals surface area contributed by atoms with Crippen molar-refractivity contribution in [1.82, 2.24) is 19.5 Å². The molecule has 1 aliphatic heterocycles. The topological polar surface area (TPSA) is 191 Å². The number of carbonyl (C=O) groups is 1. The Bertz CT molecular complexity index is 1270. The van der Waals surface area contributed by atoms with E-state index in [1.807, 2.05) is 0 Å². The van der Waals surface area contributed by atoms with Gasteiger partial charge in [-0.15, -0.1) is 3.89 Å². The van der Waals surface area contributed by atoms with Crippen molar-refractivity contribution < 1.29 is 37.2 Å². The first-order valence-corrected chi connectivity index (χ1v) is 10.2. The van der Waals surface area contributed by atoms with Crippen LogP contribution in [0.2, 0.25) is 0 Å². The minimum atomic E-state index is -5.26. The maximum absolute atomic E-state index is 13.5. The number of nitrogen functional groups attached to an aromatic ring is 1. The Morgan fingerprint density at radius 1 is 1.19 bits per heavy atom. The molecular formula is C17H16FN5O7S.